The van der Waals surface area contributed by atoms with Gasteiger partial charge >= 0.3 is 6.09 Å². The summed E-state index contributed by atoms with van der Waals surface area (Å²) in [4.78, 5) is 16.4. The monoisotopic (exact) mass is 282 g/mol. The molecule has 0 bridgehead atoms. The normalized spacial score (nSPS) is 18.8. The molecule has 20 heavy (non-hydrogen) atoms. The van der Waals surface area contributed by atoms with Crippen LogP contribution in [0.4, 0.5) is 4.79 Å². The molecule has 0 unspecified atom stereocenters. The van der Waals surface area contributed by atoms with Crippen molar-refractivity contribution in [3.63, 3.8) is 0 Å². The number of nitrogens with one attached hydrogen (secondary N) is 1. The van der Waals surface area contributed by atoms with Gasteiger partial charge in [-0.1, -0.05) is 5.16 Å². The summed E-state index contributed by atoms with van der Waals surface area (Å²) < 4.78 is 10.8. The first-order chi connectivity index (χ1) is 9.41. The van der Waals surface area contributed by atoms with Gasteiger partial charge in [-0.05, 0) is 20.8 Å². The molecule has 1 aromatic rings. The smallest absolute Gasteiger partial charge is 0.414 e. The molecule has 2 heterocycles. The van der Waals surface area contributed by atoms with Gasteiger partial charge in [0.15, 0.2) is 0 Å². The second-order valence-corrected chi connectivity index (χ2v) is 6.08. The van der Waals surface area contributed by atoms with Crippen molar-refractivity contribution in [1.82, 2.24) is 15.5 Å². The van der Waals surface area contributed by atoms with E-state index in [0.29, 0.717) is 36.4 Å². The van der Waals surface area contributed by atoms with Gasteiger partial charge in [0.25, 0.3) is 0 Å². The van der Waals surface area contributed by atoms with Crippen molar-refractivity contribution in [2.24, 2.45) is 0 Å². The molecule has 2 rings (SSSR count). The predicted octanol–water partition coefficient (Wildman–Crippen LogP) is 0.767. The third kappa shape index (κ3) is 3.77. The molecular weight excluding hydrogens is 260 g/mol. The quantitative estimate of drug-likeness (QED) is 0.825. The summed E-state index contributed by atoms with van der Waals surface area (Å²) in [6.07, 6.45) is 2.77. The van der Waals surface area contributed by atoms with Gasteiger partial charge in [-0.15, -0.1) is 0 Å². The minimum atomic E-state index is -0.481. The Morgan fingerprint density at radius 3 is 2.70 bits per heavy atom. The lowest BCUT2D eigenvalue weighted by molar-refractivity contribution is -0.860. The Kier molecular flexibility index (Phi) is 4.39. The number of quaternary nitrogens is 1. The Hall–Kier alpha value is -1.47. The van der Waals surface area contributed by atoms with E-state index < -0.39 is 5.60 Å². The van der Waals surface area contributed by atoms with Gasteiger partial charge in [-0.2, -0.15) is 9.78 Å². The van der Waals surface area contributed by atoms with Crippen molar-refractivity contribution in [2.75, 3.05) is 32.7 Å². The molecule has 111 valence electrons. The van der Waals surface area contributed by atoms with Crippen molar-refractivity contribution in [3.05, 3.63) is 12.2 Å². The number of aromatic nitrogens is 2. The first kappa shape index (κ1) is 14.9. The van der Waals surface area contributed by atoms with Crippen molar-refractivity contribution in [3.8, 4) is 0 Å². The number of carbonyl (C=O) groups excluding carboxylic acids is 1. The van der Waals surface area contributed by atoms with Crippen LogP contribution < -0.4 is 5.32 Å². The number of hydrogen-bond donors (Lipinski definition) is 1. The Morgan fingerprint density at radius 2 is 2.15 bits per heavy atom. The zero-order valence-corrected chi connectivity index (χ0v) is 12.3. The summed E-state index contributed by atoms with van der Waals surface area (Å²) in [5.41, 5.74) is -0.481. The summed E-state index contributed by atoms with van der Waals surface area (Å²) in [6.45, 7) is 9.29. The van der Waals surface area contributed by atoms with E-state index in [1.54, 1.807) is 0 Å². The van der Waals surface area contributed by atoms with E-state index in [0.717, 1.165) is 13.1 Å². The Bertz CT molecular complexity index is 433. The number of ether oxygens (including phenoxy) is 1. The van der Waals surface area contributed by atoms with E-state index >= 15 is 0 Å². The standard InChI is InChI=1S/C13H22N4O3/c1-13(2,3)19-12(18)17(8-5-14-6-9-17)7-4-11-15-10-16-20-11/h14H,4-9H2,1-3H3/q+1. The predicted molar refractivity (Wildman–Crippen MR) is 70.8 cm³/mol. The lowest BCUT2D eigenvalue weighted by atomic mass is 10.2. The molecule has 1 fully saturated rings. The van der Waals surface area contributed by atoms with E-state index in [2.05, 4.69) is 21.8 Å². The molecule has 1 N–H and O–H groups in total. The fraction of sp³-hybridized carbons (Fsp3) is 0.769. The van der Waals surface area contributed by atoms with Crippen LogP contribution >= 0.6 is 0 Å². The van der Waals surface area contributed by atoms with Gasteiger partial charge in [0.2, 0.25) is 12.2 Å². The molecule has 1 radical (unpaired) electrons. The van der Waals surface area contributed by atoms with E-state index in [1.165, 1.54) is 0 Å². The molecule has 0 aromatic carbocycles. The van der Waals surface area contributed by atoms with E-state index in [-0.39, 0.29) is 6.09 Å². The molecule has 7 nitrogen and oxygen atoms in total. The molecule has 0 spiro atoms. The molecule has 0 atom stereocenters. The van der Waals surface area contributed by atoms with E-state index in [9.17, 15) is 4.79 Å². The fourth-order valence-electron chi connectivity index (χ4n) is 2.26. The number of piperazine rings is 1. The highest BCUT2D eigenvalue weighted by molar-refractivity contribution is 5.60. The third-order valence-corrected chi connectivity index (χ3v) is 3.33. The zero-order chi connectivity index (χ0) is 14.6. The van der Waals surface area contributed by atoms with Crippen molar-refractivity contribution >= 4 is 6.09 Å². The molecular formula is C13H22N4O3+. The summed E-state index contributed by atoms with van der Waals surface area (Å²) in [7, 11) is 0. The van der Waals surface area contributed by atoms with Crippen molar-refractivity contribution in [1.29, 1.82) is 0 Å². The number of hydrogen-bond acceptors (Lipinski definition) is 6. The van der Waals surface area contributed by atoms with Crippen molar-refractivity contribution in [2.45, 2.75) is 32.8 Å². The van der Waals surface area contributed by atoms with Crippen LogP contribution in [0.25, 0.3) is 0 Å². The van der Waals surface area contributed by atoms with E-state index in [4.69, 9.17) is 9.26 Å². The zero-order valence-electron chi connectivity index (χ0n) is 12.3. The van der Waals surface area contributed by atoms with Gasteiger partial charge in [0, 0.05) is 13.1 Å². The van der Waals surface area contributed by atoms with Crippen LogP contribution in [0.2, 0.25) is 0 Å². The second-order valence-electron chi connectivity index (χ2n) is 6.08. The molecule has 7 heteroatoms. The molecule has 1 aliphatic heterocycles. The van der Waals surface area contributed by atoms with Crippen LogP contribution in [0.15, 0.2) is 4.52 Å². The summed E-state index contributed by atoms with van der Waals surface area (Å²) in [5, 5.41) is 6.74. The highest BCUT2D eigenvalue weighted by Crippen LogP contribution is 2.18. The van der Waals surface area contributed by atoms with Crippen LogP contribution in [-0.4, -0.2) is 59.0 Å². The minimum Gasteiger partial charge on any atom is -0.414 e. The summed E-state index contributed by atoms with van der Waals surface area (Å²) >= 11 is 0. The summed E-state index contributed by atoms with van der Waals surface area (Å²) in [5.74, 6) is 0.504. The highest BCUT2D eigenvalue weighted by Gasteiger charge is 2.42. The SMILES string of the molecule is CC(C)(C)OC(=O)[N+]1(CCc2n[c]no2)CCNCC1. The maximum absolute atomic E-state index is 12.5. The molecule has 0 saturated carbocycles. The minimum absolute atomic E-state index is 0.178. The van der Waals surface area contributed by atoms with Gasteiger partial charge in [-0.25, -0.2) is 4.48 Å². The average molecular weight is 282 g/mol. The van der Waals surface area contributed by atoms with Gasteiger partial charge in [-0.3, -0.25) is 0 Å². The fourth-order valence-corrected chi connectivity index (χ4v) is 2.26. The van der Waals surface area contributed by atoms with Crippen LogP contribution in [0, 0.1) is 6.33 Å². The second kappa shape index (κ2) is 5.88. The Morgan fingerprint density at radius 1 is 1.45 bits per heavy atom. The van der Waals surface area contributed by atoms with Crippen LogP contribution in [0.1, 0.15) is 26.7 Å². The lowest BCUT2D eigenvalue weighted by Crippen LogP contribution is -2.63. The van der Waals surface area contributed by atoms with Gasteiger partial charge < -0.3 is 14.6 Å². The topological polar surface area (TPSA) is 77.2 Å². The number of amides is 1. The maximum atomic E-state index is 12.5. The third-order valence-electron chi connectivity index (χ3n) is 3.33. The molecule has 1 amide bonds. The number of carbonyl (C=O) groups is 1. The summed E-state index contributed by atoms with van der Waals surface area (Å²) in [6, 6.07) is 0. The maximum Gasteiger partial charge on any atom is 0.516 e. The average Bonchev–Trinajstić information content (AvgIpc) is 2.88. The van der Waals surface area contributed by atoms with Crippen LogP contribution in [0.5, 0.6) is 0 Å². The lowest BCUT2D eigenvalue weighted by Gasteiger charge is -2.38. The number of rotatable bonds is 3. The first-order valence-electron chi connectivity index (χ1n) is 6.90. The number of nitrogens with zero attached hydrogens (tertiary/aromatic N) is 3. The van der Waals surface area contributed by atoms with Gasteiger partial charge in [0.1, 0.15) is 18.7 Å². The van der Waals surface area contributed by atoms with Crippen molar-refractivity contribution < 1.29 is 18.5 Å². The molecule has 1 saturated heterocycles. The van der Waals surface area contributed by atoms with E-state index in [1.807, 2.05) is 20.8 Å². The Balaban J connectivity index is 2.06. The van der Waals surface area contributed by atoms with Crippen LogP contribution in [-0.2, 0) is 11.2 Å². The van der Waals surface area contributed by atoms with Gasteiger partial charge in [0.05, 0.1) is 13.0 Å². The first-order valence-corrected chi connectivity index (χ1v) is 6.90. The largest absolute Gasteiger partial charge is 0.516 e. The molecule has 1 aliphatic rings. The molecule has 0 aliphatic carbocycles. The highest BCUT2D eigenvalue weighted by atomic mass is 16.6. The molecule has 1 aromatic heterocycles. The Labute approximate surface area is 118 Å². The van der Waals surface area contributed by atoms with Crippen LogP contribution in [0.3, 0.4) is 0 Å².